The van der Waals surface area contributed by atoms with Crippen LogP contribution >= 0.6 is 0 Å². The van der Waals surface area contributed by atoms with Gasteiger partial charge in [0.1, 0.15) is 34.8 Å². The van der Waals surface area contributed by atoms with Gasteiger partial charge in [0.05, 0.1) is 5.39 Å². The van der Waals surface area contributed by atoms with Gasteiger partial charge in [-0.3, -0.25) is 14.2 Å². The summed E-state index contributed by atoms with van der Waals surface area (Å²) >= 11 is 0. The Hall–Kier alpha value is -3.41. The van der Waals surface area contributed by atoms with Crippen molar-refractivity contribution in [2.75, 3.05) is 5.32 Å². The molecule has 3 aromatic rings. The number of anilines is 2. The minimum atomic E-state index is -4.79. The van der Waals surface area contributed by atoms with E-state index in [1.54, 1.807) is 19.2 Å². The number of carbonyl (C=O) groups excluding carboxylic acids is 1. The third-order valence-electron chi connectivity index (χ3n) is 6.42. The van der Waals surface area contributed by atoms with Crippen LogP contribution in [0.5, 0.6) is 0 Å². The van der Waals surface area contributed by atoms with Gasteiger partial charge in [0, 0.05) is 7.62 Å². The Bertz CT molecular complexity index is 1310. The monoisotopic (exact) mass is 450 g/mol. The lowest BCUT2D eigenvalue weighted by Crippen LogP contribution is -2.57. The number of carbonyl (C=O) groups is 1. The fourth-order valence-corrected chi connectivity index (χ4v) is 4.66. The Morgan fingerprint density at radius 2 is 1.94 bits per heavy atom. The van der Waals surface area contributed by atoms with Gasteiger partial charge in [0.2, 0.25) is 0 Å². The molecule has 0 unspecified atom stereocenters. The molecule has 32 heavy (non-hydrogen) atoms. The predicted octanol–water partition coefficient (Wildman–Crippen LogP) is 2.68. The molecule has 4 heterocycles. The number of alkyl halides is 3. The summed E-state index contributed by atoms with van der Waals surface area (Å²) in [5.41, 5.74) is -3.47. The molecule has 1 aliphatic heterocycles. The molecule has 1 saturated carbocycles. The van der Waals surface area contributed by atoms with E-state index in [0.29, 0.717) is 22.4 Å². The third kappa shape index (κ3) is 2.82. The number of aromatic amines is 1. The highest BCUT2D eigenvalue weighted by molar-refractivity contribution is 5.97. The van der Waals surface area contributed by atoms with E-state index in [1.807, 2.05) is 0 Å². The summed E-state index contributed by atoms with van der Waals surface area (Å²) in [4.78, 5) is 37.3. The summed E-state index contributed by atoms with van der Waals surface area (Å²) < 4.78 is 41.1. The standard InChI is InChI=1S/C20H19F3N6O3.H2/c1-10-8-12(27-15-11-2-7-24-14(11)25-9-26-15)17(31)29-13(10)16(30)28-19(29)5-3-18(32,4-6-19)20(21,22)23;/h2,7-9,32H,3-6H2,1H3,(H,28,30)(H2,24,25,26,27);1H. The second kappa shape index (κ2) is 6.55. The second-order valence-corrected chi connectivity index (χ2v) is 8.33. The average Bonchev–Trinajstić information content (AvgIpc) is 3.31. The minimum Gasteiger partial charge on any atom is -0.380 e. The molecule has 5 rings (SSSR count). The Morgan fingerprint density at radius 1 is 1.22 bits per heavy atom. The van der Waals surface area contributed by atoms with Crippen LogP contribution in [0.3, 0.4) is 0 Å². The average molecular weight is 450 g/mol. The van der Waals surface area contributed by atoms with E-state index in [2.05, 4.69) is 25.6 Å². The van der Waals surface area contributed by atoms with Crippen molar-refractivity contribution in [1.29, 1.82) is 0 Å². The molecule has 3 aromatic heterocycles. The zero-order valence-corrected chi connectivity index (χ0v) is 16.9. The number of hydrogen-bond acceptors (Lipinski definition) is 6. The summed E-state index contributed by atoms with van der Waals surface area (Å²) in [7, 11) is 0. The van der Waals surface area contributed by atoms with E-state index in [1.165, 1.54) is 17.0 Å². The fraction of sp³-hybridized carbons (Fsp3) is 0.400. The van der Waals surface area contributed by atoms with Crippen molar-refractivity contribution in [1.82, 2.24) is 24.8 Å². The zero-order valence-electron chi connectivity index (χ0n) is 16.9. The molecule has 1 spiro atoms. The summed E-state index contributed by atoms with van der Waals surface area (Å²) in [6.45, 7) is 1.65. The minimum absolute atomic E-state index is 0. The first-order valence-electron chi connectivity index (χ1n) is 9.99. The smallest absolute Gasteiger partial charge is 0.380 e. The highest BCUT2D eigenvalue weighted by atomic mass is 19.4. The number of aliphatic hydroxyl groups is 1. The maximum atomic E-state index is 13.4. The van der Waals surface area contributed by atoms with Crippen molar-refractivity contribution in [3.63, 3.8) is 0 Å². The van der Waals surface area contributed by atoms with Crippen molar-refractivity contribution in [3.8, 4) is 0 Å². The zero-order chi connectivity index (χ0) is 22.9. The van der Waals surface area contributed by atoms with Crippen molar-refractivity contribution in [3.05, 3.63) is 46.3 Å². The van der Waals surface area contributed by atoms with Crippen LogP contribution in [0.4, 0.5) is 24.7 Å². The lowest BCUT2D eigenvalue weighted by Gasteiger charge is -2.43. The molecule has 4 N–H and O–H groups in total. The summed E-state index contributed by atoms with van der Waals surface area (Å²) in [6, 6.07) is 3.25. The van der Waals surface area contributed by atoms with Gasteiger partial charge in [-0.15, -0.1) is 0 Å². The SMILES string of the molecule is Cc1cc(Nc2ncnc3[nH]ccc23)c(=O)n2c1C(=O)NC21CCC(O)(C(F)(F)F)CC1.[HH]. The van der Waals surface area contributed by atoms with E-state index in [9.17, 15) is 27.9 Å². The Kier molecular flexibility index (Phi) is 4.19. The van der Waals surface area contributed by atoms with Crippen LogP contribution in [0.2, 0.25) is 0 Å². The first-order chi connectivity index (χ1) is 15.0. The molecule has 0 saturated heterocycles. The van der Waals surface area contributed by atoms with Crippen LogP contribution in [0, 0.1) is 6.92 Å². The number of rotatable bonds is 2. The van der Waals surface area contributed by atoms with Crippen LogP contribution in [0.15, 0.2) is 29.5 Å². The van der Waals surface area contributed by atoms with Gasteiger partial charge in [0.25, 0.3) is 11.5 Å². The highest BCUT2D eigenvalue weighted by Gasteiger charge is 2.59. The largest absolute Gasteiger partial charge is 0.417 e. The summed E-state index contributed by atoms with van der Waals surface area (Å²) in [6.07, 6.45) is -3.53. The van der Waals surface area contributed by atoms with Gasteiger partial charge in [-0.05, 0) is 50.3 Å². The molecule has 1 aliphatic carbocycles. The molecule has 2 aliphatic rings. The second-order valence-electron chi connectivity index (χ2n) is 8.33. The molecule has 0 radical (unpaired) electrons. The number of aryl methyl sites for hydroxylation is 1. The quantitative estimate of drug-likeness (QED) is 0.476. The number of nitrogens with zero attached hydrogens (tertiary/aromatic N) is 3. The van der Waals surface area contributed by atoms with Gasteiger partial charge in [-0.1, -0.05) is 0 Å². The fourth-order valence-electron chi connectivity index (χ4n) is 4.66. The molecular formula is C20H21F3N6O3. The van der Waals surface area contributed by atoms with Crippen LogP contribution < -0.4 is 16.2 Å². The molecule has 170 valence electrons. The van der Waals surface area contributed by atoms with Crippen molar-refractivity contribution >= 4 is 28.4 Å². The molecule has 0 bridgehead atoms. The predicted molar refractivity (Wildman–Crippen MR) is 110 cm³/mol. The molecule has 1 amide bonds. The van der Waals surface area contributed by atoms with Gasteiger partial charge in [-0.25, -0.2) is 9.97 Å². The van der Waals surface area contributed by atoms with E-state index < -0.39 is 41.7 Å². The maximum absolute atomic E-state index is 13.4. The lowest BCUT2D eigenvalue weighted by atomic mass is 9.78. The normalized spacial score (nSPS) is 25.2. The highest BCUT2D eigenvalue weighted by Crippen LogP contribution is 2.47. The molecule has 12 heteroatoms. The van der Waals surface area contributed by atoms with Gasteiger partial charge >= 0.3 is 6.18 Å². The van der Waals surface area contributed by atoms with Gasteiger partial charge in [0.15, 0.2) is 5.60 Å². The number of hydrogen-bond donors (Lipinski definition) is 4. The maximum Gasteiger partial charge on any atom is 0.417 e. The van der Waals surface area contributed by atoms with Crippen molar-refractivity contribution in [2.24, 2.45) is 0 Å². The Morgan fingerprint density at radius 3 is 2.62 bits per heavy atom. The number of nitrogens with one attached hydrogen (secondary N) is 3. The first-order valence-corrected chi connectivity index (χ1v) is 9.99. The van der Waals surface area contributed by atoms with Crippen molar-refractivity contribution in [2.45, 2.75) is 50.0 Å². The van der Waals surface area contributed by atoms with E-state index in [0.717, 1.165) is 0 Å². The molecule has 0 aromatic carbocycles. The van der Waals surface area contributed by atoms with Crippen LogP contribution in [-0.2, 0) is 5.66 Å². The molecule has 0 atom stereocenters. The topological polar surface area (TPSA) is 125 Å². The lowest BCUT2D eigenvalue weighted by molar-refractivity contribution is -0.275. The van der Waals surface area contributed by atoms with E-state index in [4.69, 9.17) is 0 Å². The molecule has 1 fully saturated rings. The van der Waals surface area contributed by atoms with E-state index >= 15 is 0 Å². The third-order valence-corrected chi connectivity index (χ3v) is 6.42. The summed E-state index contributed by atoms with van der Waals surface area (Å²) in [5.74, 6) is -0.159. The van der Waals surface area contributed by atoms with Crippen LogP contribution in [0.1, 0.15) is 43.2 Å². The van der Waals surface area contributed by atoms with Crippen molar-refractivity contribution < 1.29 is 24.5 Å². The Labute approximate surface area is 180 Å². The number of pyridine rings is 1. The number of aromatic nitrogens is 4. The first kappa shape index (κ1) is 20.5. The molecular weight excluding hydrogens is 429 g/mol. The van der Waals surface area contributed by atoms with E-state index in [-0.39, 0.29) is 25.6 Å². The number of amides is 1. The van der Waals surface area contributed by atoms with Crippen LogP contribution in [0.25, 0.3) is 11.0 Å². The summed E-state index contributed by atoms with van der Waals surface area (Å²) in [5, 5.41) is 16.4. The van der Waals surface area contributed by atoms with Gasteiger partial charge in [-0.2, -0.15) is 13.2 Å². The van der Waals surface area contributed by atoms with Gasteiger partial charge < -0.3 is 20.7 Å². The number of H-pyrrole nitrogens is 1. The molecule has 9 nitrogen and oxygen atoms in total. The number of fused-ring (bicyclic) bond motifs is 3. The number of halogens is 3. The van der Waals surface area contributed by atoms with Crippen LogP contribution in [-0.4, -0.2) is 42.3 Å². The Balaban J connectivity index is 0.00000259.